The number of sulfonamides is 1. The molecule has 0 fully saturated rings. The van der Waals surface area contributed by atoms with Crippen molar-refractivity contribution in [3.8, 4) is 0 Å². The molecular formula is C21H18ClF3N2O4S. The summed E-state index contributed by atoms with van der Waals surface area (Å²) in [6, 6.07) is 11.7. The molecule has 0 saturated carbocycles. The maximum absolute atomic E-state index is 12.9. The first kappa shape index (κ1) is 23.8. The molecule has 32 heavy (non-hydrogen) atoms. The number of nitrogens with zero attached hydrogens (tertiary/aromatic N) is 1. The molecule has 2 aromatic carbocycles. The van der Waals surface area contributed by atoms with Crippen LogP contribution < -0.4 is 4.72 Å². The lowest BCUT2D eigenvalue weighted by atomic mass is 10.1. The van der Waals surface area contributed by atoms with Gasteiger partial charge in [-0.15, -0.1) is 0 Å². The zero-order valence-corrected chi connectivity index (χ0v) is 18.3. The van der Waals surface area contributed by atoms with Crippen molar-refractivity contribution in [3.63, 3.8) is 0 Å². The highest BCUT2D eigenvalue weighted by atomic mass is 35.5. The molecule has 170 valence electrons. The van der Waals surface area contributed by atoms with Crippen LogP contribution in [-0.4, -0.2) is 26.3 Å². The van der Waals surface area contributed by atoms with Crippen LogP contribution >= 0.6 is 11.6 Å². The highest BCUT2D eigenvalue weighted by Crippen LogP contribution is 2.33. The summed E-state index contributed by atoms with van der Waals surface area (Å²) in [6.07, 6.45) is -3.20. The SMILES string of the molecule is CN(Cc1ccco1)C(=O)c1ccc(CNS(=O)(=O)c2cc(C(F)(F)F)ccc2Cl)cc1. The van der Waals surface area contributed by atoms with E-state index in [1.807, 2.05) is 0 Å². The van der Waals surface area contributed by atoms with E-state index in [0.717, 1.165) is 6.07 Å². The standard InChI is InChI=1S/C21H18ClF3N2O4S/c1-27(13-17-3-2-10-31-17)20(28)15-6-4-14(5-7-15)12-26-32(29,30)19-11-16(21(23,24)25)8-9-18(19)22/h2-11,26H,12-13H2,1H3. The van der Waals surface area contributed by atoms with Crippen molar-refractivity contribution in [2.45, 2.75) is 24.2 Å². The Morgan fingerprint density at radius 1 is 1.12 bits per heavy atom. The van der Waals surface area contributed by atoms with Crippen LogP contribution in [0.2, 0.25) is 5.02 Å². The number of hydrogen-bond donors (Lipinski definition) is 1. The molecule has 3 rings (SSSR count). The van der Waals surface area contributed by atoms with Crippen LogP contribution in [-0.2, 0) is 29.3 Å². The molecule has 6 nitrogen and oxygen atoms in total. The van der Waals surface area contributed by atoms with E-state index in [1.165, 1.54) is 23.3 Å². The lowest BCUT2D eigenvalue weighted by Gasteiger charge is -2.16. The van der Waals surface area contributed by atoms with Gasteiger partial charge in [0.2, 0.25) is 10.0 Å². The molecule has 11 heteroatoms. The molecule has 1 heterocycles. The van der Waals surface area contributed by atoms with Gasteiger partial charge in [0.15, 0.2) is 0 Å². The molecule has 0 atom stereocenters. The Bertz CT molecular complexity index is 1190. The van der Waals surface area contributed by atoms with Gasteiger partial charge in [0.1, 0.15) is 10.7 Å². The molecule has 1 aromatic heterocycles. The first-order valence-corrected chi connectivity index (χ1v) is 11.1. The number of rotatable bonds is 7. The van der Waals surface area contributed by atoms with Gasteiger partial charge in [-0.05, 0) is 48.0 Å². The predicted molar refractivity (Wildman–Crippen MR) is 111 cm³/mol. The van der Waals surface area contributed by atoms with E-state index in [-0.39, 0.29) is 24.0 Å². The maximum atomic E-state index is 12.9. The number of amides is 1. The van der Waals surface area contributed by atoms with E-state index < -0.39 is 26.7 Å². The molecule has 0 aliphatic rings. The zero-order valence-electron chi connectivity index (χ0n) is 16.7. The maximum Gasteiger partial charge on any atom is 0.416 e. The first-order valence-electron chi connectivity index (χ1n) is 9.20. The van der Waals surface area contributed by atoms with Crippen molar-refractivity contribution in [3.05, 3.63) is 88.3 Å². The zero-order chi connectivity index (χ0) is 23.5. The topological polar surface area (TPSA) is 79.6 Å². The predicted octanol–water partition coefficient (Wildman–Crippen LogP) is 4.70. The molecule has 0 aliphatic carbocycles. The number of nitrogens with one attached hydrogen (secondary N) is 1. The van der Waals surface area contributed by atoms with Gasteiger partial charge in [-0.3, -0.25) is 4.79 Å². The summed E-state index contributed by atoms with van der Waals surface area (Å²) < 4.78 is 71.1. The number of halogens is 4. The van der Waals surface area contributed by atoms with Crippen LogP contribution in [0.25, 0.3) is 0 Å². The number of alkyl halides is 3. The minimum atomic E-state index is -4.71. The Balaban J connectivity index is 1.68. The van der Waals surface area contributed by atoms with Gasteiger partial charge in [-0.2, -0.15) is 13.2 Å². The van der Waals surface area contributed by atoms with Crippen molar-refractivity contribution in [1.29, 1.82) is 0 Å². The number of carbonyl (C=O) groups is 1. The summed E-state index contributed by atoms with van der Waals surface area (Å²) in [7, 11) is -2.69. The molecular weight excluding hydrogens is 469 g/mol. The van der Waals surface area contributed by atoms with Crippen molar-refractivity contribution in [2.24, 2.45) is 0 Å². The number of benzene rings is 2. The third-order valence-electron chi connectivity index (χ3n) is 4.54. The van der Waals surface area contributed by atoms with E-state index in [2.05, 4.69) is 4.72 Å². The Morgan fingerprint density at radius 3 is 2.41 bits per heavy atom. The lowest BCUT2D eigenvalue weighted by molar-refractivity contribution is -0.137. The monoisotopic (exact) mass is 486 g/mol. The third kappa shape index (κ3) is 5.70. The average Bonchev–Trinajstić information content (AvgIpc) is 3.24. The highest BCUT2D eigenvalue weighted by Gasteiger charge is 2.32. The summed E-state index contributed by atoms with van der Waals surface area (Å²) >= 11 is 5.81. The van der Waals surface area contributed by atoms with Crippen LogP contribution in [0.3, 0.4) is 0 Å². The highest BCUT2D eigenvalue weighted by molar-refractivity contribution is 7.89. The van der Waals surface area contributed by atoms with Gasteiger partial charge in [0, 0.05) is 19.2 Å². The lowest BCUT2D eigenvalue weighted by Crippen LogP contribution is -2.26. The number of carbonyl (C=O) groups excluding carboxylic acids is 1. The number of hydrogen-bond acceptors (Lipinski definition) is 4. The second-order valence-electron chi connectivity index (χ2n) is 6.91. The molecule has 0 unspecified atom stereocenters. The van der Waals surface area contributed by atoms with E-state index in [4.69, 9.17) is 16.0 Å². The Labute approximate surface area is 187 Å². The van der Waals surface area contributed by atoms with Gasteiger partial charge < -0.3 is 9.32 Å². The minimum absolute atomic E-state index is 0.203. The van der Waals surface area contributed by atoms with Crippen molar-refractivity contribution in [1.82, 2.24) is 9.62 Å². The number of furan rings is 1. The summed E-state index contributed by atoms with van der Waals surface area (Å²) in [5.74, 6) is 0.365. The quantitative estimate of drug-likeness (QED) is 0.525. The summed E-state index contributed by atoms with van der Waals surface area (Å²) in [5, 5.41) is -0.328. The molecule has 3 aromatic rings. The van der Waals surface area contributed by atoms with Gasteiger partial charge in [-0.25, -0.2) is 13.1 Å². The second kappa shape index (κ2) is 9.35. The van der Waals surface area contributed by atoms with Crippen molar-refractivity contribution >= 4 is 27.5 Å². The van der Waals surface area contributed by atoms with Crippen LogP contribution in [0.1, 0.15) is 27.2 Å². The smallest absolute Gasteiger partial charge is 0.416 e. The van der Waals surface area contributed by atoms with Crippen molar-refractivity contribution in [2.75, 3.05) is 7.05 Å². The molecule has 0 bridgehead atoms. The van der Waals surface area contributed by atoms with Gasteiger partial charge in [-0.1, -0.05) is 23.7 Å². The van der Waals surface area contributed by atoms with Crippen LogP contribution in [0, 0.1) is 0 Å². The fourth-order valence-electron chi connectivity index (χ4n) is 2.84. The van der Waals surface area contributed by atoms with Crippen molar-refractivity contribution < 1.29 is 30.8 Å². The van der Waals surface area contributed by atoms with E-state index in [1.54, 1.807) is 31.3 Å². The van der Waals surface area contributed by atoms with Gasteiger partial charge >= 0.3 is 6.18 Å². The van der Waals surface area contributed by atoms with Crippen LogP contribution in [0.15, 0.2) is 70.2 Å². The molecule has 0 aliphatic heterocycles. The molecule has 0 saturated heterocycles. The van der Waals surface area contributed by atoms with Crippen LogP contribution in [0.5, 0.6) is 0 Å². The minimum Gasteiger partial charge on any atom is -0.467 e. The molecule has 1 amide bonds. The summed E-state index contributed by atoms with van der Waals surface area (Å²) in [4.78, 5) is 13.3. The average molecular weight is 487 g/mol. The molecule has 0 spiro atoms. The Morgan fingerprint density at radius 2 is 1.81 bits per heavy atom. The molecule has 1 N–H and O–H groups in total. The largest absolute Gasteiger partial charge is 0.467 e. The second-order valence-corrected chi connectivity index (χ2v) is 9.05. The van der Waals surface area contributed by atoms with E-state index >= 15 is 0 Å². The summed E-state index contributed by atoms with van der Waals surface area (Å²) in [6.45, 7) is 0.0801. The Hall–Kier alpha value is -2.82. The normalized spacial score (nSPS) is 12.0. The summed E-state index contributed by atoms with van der Waals surface area (Å²) in [5.41, 5.74) is -0.239. The fraction of sp³-hybridized carbons (Fsp3) is 0.190. The van der Waals surface area contributed by atoms with E-state index in [9.17, 15) is 26.4 Å². The van der Waals surface area contributed by atoms with Crippen LogP contribution in [0.4, 0.5) is 13.2 Å². The first-order chi connectivity index (χ1) is 15.0. The molecule has 0 radical (unpaired) electrons. The third-order valence-corrected chi connectivity index (χ3v) is 6.42. The Kier molecular flexibility index (Phi) is 6.97. The van der Waals surface area contributed by atoms with Gasteiger partial charge in [0.25, 0.3) is 5.91 Å². The fourth-order valence-corrected chi connectivity index (χ4v) is 4.38. The van der Waals surface area contributed by atoms with Gasteiger partial charge in [0.05, 0.1) is 23.4 Å². The van der Waals surface area contributed by atoms with E-state index in [0.29, 0.717) is 29.0 Å².